The summed E-state index contributed by atoms with van der Waals surface area (Å²) in [4.78, 5) is 21.9. The second-order valence-corrected chi connectivity index (χ2v) is 5.90. The van der Waals surface area contributed by atoms with E-state index < -0.39 is 16.7 Å². The van der Waals surface area contributed by atoms with Crippen LogP contribution in [0.1, 0.15) is 27.9 Å². The largest absolute Gasteiger partial charge is 0.433 e. The van der Waals surface area contributed by atoms with Crippen molar-refractivity contribution in [2.75, 3.05) is 0 Å². The predicted molar refractivity (Wildman–Crippen MR) is 88.5 cm³/mol. The van der Waals surface area contributed by atoms with Crippen LogP contribution in [-0.2, 0) is 12.8 Å². The summed E-state index contributed by atoms with van der Waals surface area (Å²) >= 11 is 0. The normalized spacial score (nSPS) is 13.0. The Morgan fingerprint density at radius 2 is 2.04 bits per heavy atom. The average Bonchev–Trinajstić information content (AvgIpc) is 3.31. The Morgan fingerprint density at radius 1 is 1.24 bits per heavy atom. The zero-order valence-electron chi connectivity index (χ0n) is 13.1. The zero-order chi connectivity index (χ0) is 17.6. The summed E-state index contributed by atoms with van der Waals surface area (Å²) in [5, 5.41) is 15.2. The highest BCUT2D eigenvalue weighted by Crippen LogP contribution is 2.29. The molecule has 8 heteroatoms. The third-order valence-electron chi connectivity index (χ3n) is 4.33. The first-order valence-electron chi connectivity index (χ1n) is 7.79. The third kappa shape index (κ3) is 2.57. The van der Waals surface area contributed by atoms with E-state index in [4.69, 9.17) is 10.2 Å². The van der Waals surface area contributed by atoms with E-state index in [1.54, 1.807) is 4.68 Å². The van der Waals surface area contributed by atoms with Crippen LogP contribution >= 0.6 is 0 Å². The molecule has 1 aromatic carbocycles. The molecule has 4 rings (SSSR count). The molecule has 2 heterocycles. The van der Waals surface area contributed by atoms with E-state index in [1.807, 2.05) is 12.1 Å². The molecule has 0 bridgehead atoms. The molecular formula is C17H14N4O4. The molecule has 8 nitrogen and oxygen atoms in total. The number of hydrogen-bond acceptors (Lipinski definition) is 5. The van der Waals surface area contributed by atoms with Gasteiger partial charge >= 0.3 is 5.88 Å². The molecule has 0 saturated heterocycles. The van der Waals surface area contributed by atoms with E-state index in [1.165, 1.54) is 29.5 Å². The summed E-state index contributed by atoms with van der Waals surface area (Å²) in [5.41, 5.74) is 9.15. The Balaban J connectivity index is 1.80. The fourth-order valence-corrected chi connectivity index (χ4v) is 3.12. The SMILES string of the molecule is NC(=O)c1cn(-c2ccc3c(c2)CCC3)nc1-c1ccc([N+](=O)[O-])o1. The fourth-order valence-electron chi connectivity index (χ4n) is 3.12. The smallest absolute Gasteiger partial charge is 0.399 e. The lowest BCUT2D eigenvalue weighted by atomic mass is 10.1. The average molecular weight is 338 g/mol. The third-order valence-corrected chi connectivity index (χ3v) is 4.33. The van der Waals surface area contributed by atoms with Gasteiger partial charge in [0.1, 0.15) is 10.6 Å². The van der Waals surface area contributed by atoms with Gasteiger partial charge in [0, 0.05) is 6.20 Å². The van der Waals surface area contributed by atoms with E-state index in [-0.39, 0.29) is 17.0 Å². The number of aryl methyl sites for hydroxylation is 2. The summed E-state index contributed by atoms with van der Waals surface area (Å²) in [6.45, 7) is 0. The van der Waals surface area contributed by atoms with Crippen LogP contribution in [0, 0.1) is 10.1 Å². The first kappa shape index (κ1) is 15.1. The standard InChI is InChI=1S/C17H14N4O4/c18-17(22)13-9-20(12-5-4-10-2-1-3-11(10)8-12)19-16(13)14-6-7-15(25-14)21(23)24/h4-9H,1-3H2,(H2,18,22). The van der Waals surface area contributed by atoms with Crippen LogP contribution < -0.4 is 5.73 Å². The zero-order valence-corrected chi connectivity index (χ0v) is 13.1. The van der Waals surface area contributed by atoms with E-state index >= 15 is 0 Å². The number of carbonyl (C=O) groups is 1. The number of rotatable bonds is 4. The van der Waals surface area contributed by atoms with Crippen LogP contribution in [0.25, 0.3) is 17.1 Å². The lowest BCUT2D eigenvalue weighted by molar-refractivity contribution is -0.401. The molecule has 1 aliphatic rings. The highest BCUT2D eigenvalue weighted by atomic mass is 16.6. The van der Waals surface area contributed by atoms with Crippen molar-refractivity contribution in [2.24, 2.45) is 5.73 Å². The maximum atomic E-state index is 11.8. The molecule has 0 aliphatic heterocycles. The van der Waals surface area contributed by atoms with Gasteiger partial charge in [0.15, 0.2) is 5.76 Å². The first-order valence-corrected chi connectivity index (χ1v) is 7.79. The molecule has 0 unspecified atom stereocenters. The molecule has 0 spiro atoms. The van der Waals surface area contributed by atoms with Crippen molar-refractivity contribution >= 4 is 11.8 Å². The molecule has 0 fully saturated rings. The number of hydrogen-bond donors (Lipinski definition) is 1. The Hall–Kier alpha value is -3.42. The Morgan fingerprint density at radius 3 is 2.76 bits per heavy atom. The summed E-state index contributed by atoms with van der Waals surface area (Å²) in [6.07, 6.45) is 4.74. The molecule has 0 atom stereocenters. The second-order valence-electron chi connectivity index (χ2n) is 5.90. The summed E-state index contributed by atoms with van der Waals surface area (Å²) in [6, 6.07) is 8.64. The van der Waals surface area contributed by atoms with Gasteiger partial charge < -0.3 is 10.2 Å². The minimum Gasteiger partial charge on any atom is -0.399 e. The van der Waals surface area contributed by atoms with Gasteiger partial charge in [-0.1, -0.05) is 6.07 Å². The maximum Gasteiger partial charge on any atom is 0.433 e. The molecule has 3 aromatic rings. The molecule has 1 amide bonds. The number of nitro groups is 1. The number of aromatic nitrogens is 2. The summed E-state index contributed by atoms with van der Waals surface area (Å²) in [7, 11) is 0. The van der Waals surface area contributed by atoms with Gasteiger partial charge in [-0.2, -0.15) is 5.10 Å². The number of nitrogens with zero attached hydrogens (tertiary/aromatic N) is 3. The molecular weight excluding hydrogens is 324 g/mol. The quantitative estimate of drug-likeness (QED) is 0.579. The van der Waals surface area contributed by atoms with Crippen molar-refractivity contribution in [2.45, 2.75) is 19.3 Å². The molecule has 2 aromatic heterocycles. The topological polar surface area (TPSA) is 117 Å². The molecule has 25 heavy (non-hydrogen) atoms. The number of primary amides is 1. The summed E-state index contributed by atoms with van der Waals surface area (Å²) < 4.78 is 6.71. The fraction of sp³-hybridized carbons (Fsp3) is 0.176. The Bertz CT molecular complexity index is 1000. The van der Waals surface area contributed by atoms with Crippen LogP contribution in [0.3, 0.4) is 0 Å². The van der Waals surface area contributed by atoms with Gasteiger partial charge in [0.2, 0.25) is 0 Å². The van der Waals surface area contributed by atoms with Crippen molar-refractivity contribution in [3.63, 3.8) is 0 Å². The minimum atomic E-state index is -0.679. The van der Waals surface area contributed by atoms with E-state index in [2.05, 4.69) is 11.2 Å². The van der Waals surface area contributed by atoms with Crippen LogP contribution in [0.2, 0.25) is 0 Å². The van der Waals surface area contributed by atoms with Gasteiger partial charge in [-0.05, 0) is 48.6 Å². The van der Waals surface area contributed by atoms with E-state index in [0.29, 0.717) is 0 Å². The molecule has 0 saturated carbocycles. The second kappa shape index (κ2) is 5.59. The Kier molecular flexibility index (Phi) is 3.38. The van der Waals surface area contributed by atoms with Crippen LogP contribution in [0.4, 0.5) is 5.88 Å². The molecule has 1 aliphatic carbocycles. The van der Waals surface area contributed by atoms with Gasteiger partial charge in [-0.25, -0.2) is 4.68 Å². The van der Waals surface area contributed by atoms with Gasteiger partial charge in [-0.15, -0.1) is 0 Å². The first-order chi connectivity index (χ1) is 12.0. The number of nitrogens with two attached hydrogens (primary N) is 1. The van der Waals surface area contributed by atoms with E-state index in [9.17, 15) is 14.9 Å². The van der Waals surface area contributed by atoms with Crippen LogP contribution in [0.5, 0.6) is 0 Å². The Labute approximate surface area is 142 Å². The number of benzene rings is 1. The lowest BCUT2D eigenvalue weighted by Crippen LogP contribution is -2.11. The highest BCUT2D eigenvalue weighted by molar-refractivity contribution is 5.98. The summed E-state index contributed by atoms with van der Waals surface area (Å²) in [5.74, 6) is -0.973. The number of fused-ring (bicyclic) bond motifs is 1. The predicted octanol–water partition coefficient (Wildman–Crippen LogP) is 2.63. The van der Waals surface area contributed by atoms with E-state index in [0.717, 1.165) is 24.9 Å². The monoisotopic (exact) mass is 338 g/mol. The van der Waals surface area contributed by atoms with Crippen molar-refractivity contribution in [3.8, 4) is 17.1 Å². The van der Waals surface area contributed by atoms with Crippen molar-refractivity contribution in [3.05, 3.63) is 63.3 Å². The number of furan rings is 1. The van der Waals surface area contributed by atoms with Crippen molar-refractivity contribution in [1.82, 2.24) is 9.78 Å². The number of carbonyl (C=O) groups excluding carboxylic acids is 1. The van der Waals surface area contributed by atoms with Crippen molar-refractivity contribution < 1.29 is 14.1 Å². The maximum absolute atomic E-state index is 11.8. The van der Waals surface area contributed by atoms with Gasteiger partial charge in [0.25, 0.3) is 5.91 Å². The van der Waals surface area contributed by atoms with Crippen LogP contribution in [-0.4, -0.2) is 20.6 Å². The molecule has 2 N–H and O–H groups in total. The highest BCUT2D eigenvalue weighted by Gasteiger charge is 2.22. The molecule has 126 valence electrons. The minimum absolute atomic E-state index is 0.125. The van der Waals surface area contributed by atoms with Gasteiger partial charge in [0.05, 0.1) is 17.3 Å². The van der Waals surface area contributed by atoms with Crippen LogP contribution in [0.15, 0.2) is 40.9 Å². The van der Waals surface area contributed by atoms with Gasteiger partial charge in [-0.3, -0.25) is 14.9 Å². The van der Waals surface area contributed by atoms with Crippen molar-refractivity contribution in [1.29, 1.82) is 0 Å². The number of amides is 1. The molecule has 0 radical (unpaired) electrons. The lowest BCUT2D eigenvalue weighted by Gasteiger charge is -2.04.